The highest BCUT2D eigenvalue weighted by Crippen LogP contribution is 2.36. The average Bonchev–Trinajstić information content (AvgIpc) is 3.02. The van der Waals surface area contributed by atoms with Crippen molar-refractivity contribution < 1.29 is 19.1 Å². The summed E-state index contributed by atoms with van der Waals surface area (Å²) in [5, 5.41) is 5.76. The van der Waals surface area contributed by atoms with Crippen LogP contribution >= 0.6 is 23.2 Å². The molecule has 2 heterocycles. The lowest BCUT2D eigenvalue weighted by molar-refractivity contribution is -0.135. The van der Waals surface area contributed by atoms with E-state index >= 15 is 0 Å². The molecule has 134 valence electrons. The molecule has 0 saturated carbocycles. The molecule has 2 aromatic rings. The topological polar surface area (TPSA) is 81.1 Å². The minimum absolute atomic E-state index is 0.0373. The number of carbonyl (C=O) groups excluding carboxylic acids is 2. The van der Waals surface area contributed by atoms with Gasteiger partial charge < -0.3 is 9.47 Å². The highest BCUT2D eigenvalue weighted by atomic mass is 35.5. The fraction of sp³-hybridized carbons (Fsp3) is 0.176. The van der Waals surface area contributed by atoms with Gasteiger partial charge in [0.05, 0.1) is 10.6 Å². The van der Waals surface area contributed by atoms with Crippen molar-refractivity contribution in [3.63, 3.8) is 0 Å². The number of esters is 1. The Hall–Kier alpha value is -2.64. The second kappa shape index (κ2) is 7.31. The monoisotopic (exact) mass is 393 g/mol. The van der Waals surface area contributed by atoms with Gasteiger partial charge in [-0.2, -0.15) is 5.01 Å². The van der Waals surface area contributed by atoms with Gasteiger partial charge >= 0.3 is 5.97 Å². The number of para-hydroxylation sites is 1. The molecule has 1 aliphatic rings. The first-order valence-electron chi connectivity index (χ1n) is 7.51. The summed E-state index contributed by atoms with van der Waals surface area (Å²) < 4.78 is 11.0. The molecule has 1 amide bonds. The van der Waals surface area contributed by atoms with E-state index in [0.717, 1.165) is 5.01 Å². The van der Waals surface area contributed by atoms with E-state index in [0.29, 0.717) is 5.56 Å². The number of halogens is 2. The number of benzene rings is 1. The average molecular weight is 394 g/mol. The van der Waals surface area contributed by atoms with E-state index < -0.39 is 12.2 Å². The van der Waals surface area contributed by atoms with Crippen LogP contribution in [-0.4, -0.2) is 27.8 Å². The van der Waals surface area contributed by atoms with Crippen LogP contribution in [0.2, 0.25) is 10.2 Å². The molecule has 0 fully saturated rings. The van der Waals surface area contributed by atoms with E-state index in [2.05, 4.69) is 10.1 Å². The molecule has 9 heteroatoms. The summed E-state index contributed by atoms with van der Waals surface area (Å²) in [6.07, 6.45) is -0.935. The highest BCUT2D eigenvalue weighted by Gasteiger charge is 2.36. The minimum atomic E-state index is -0.935. The first-order valence-corrected chi connectivity index (χ1v) is 8.27. The summed E-state index contributed by atoms with van der Waals surface area (Å²) in [6.45, 7) is 2.62. The third-order valence-electron chi connectivity index (χ3n) is 3.42. The number of ether oxygens (including phenoxy) is 2. The van der Waals surface area contributed by atoms with E-state index in [-0.39, 0.29) is 33.4 Å². The Morgan fingerprint density at radius 1 is 1.15 bits per heavy atom. The van der Waals surface area contributed by atoms with Gasteiger partial charge in [0, 0.05) is 13.8 Å². The summed E-state index contributed by atoms with van der Waals surface area (Å²) in [5.74, 6) is -0.570. The van der Waals surface area contributed by atoms with Crippen LogP contribution in [0.4, 0.5) is 0 Å². The first-order chi connectivity index (χ1) is 12.4. The lowest BCUT2D eigenvalue weighted by Crippen LogP contribution is -2.26. The van der Waals surface area contributed by atoms with Crippen molar-refractivity contribution in [2.45, 2.75) is 20.1 Å². The fourth-order valence-corrected chi connectivity index (χ4v) is 2.70. The lowest BCUT2D eigenvalue weighted by atomic mass is 10.1. The Labute approximate surface area is 159 Å². The van der Waals surface area contributed by atoms with Crippen molar-refractivity contribution in [2.75, 3.05) is 0 Å². The molecule has 7 nitrogen and oxygen atoms in total. The van der Waals surface area contributed by atoms with Gasteiger partial charge in [0.25, 0.3) is 5.90 Å². The summed E-state index contributed by atoms with van der Waals surface area (Å²) in [7, 11) is 0. The summed E-state index contributed by atoms with van der Waals surface area (Å²) in [6, 6.07) is 9.78. The molecule has 0 radical (unpaired) electrons. The minimum Gasteiger partial charge on any atom is -0.444 e. The molecule has 26 heavy (non-hydrogen) atoms. The van der Waals surface area contributed by atoms with Gasteiger partial charge in [-0.05, 0) is 24.3 Å². The molecule has 0 unspecified atom stereocenters. The van der Waals surface area contributed by atoms with Crippen molar-refractivity contribution in [3.05, 3.63) is 57.8 Å². The normalized spacial score (nSPS) is 16.1. The molecule has 1 aromatic carbocycles. The maximum atomic E-state index is 12.0. The third kappa shape index (κ3) is 3.63. The van der Waals surface area contributed by atoms with E-state index in [1.165, 1.54) is 19.9 Å². The Morgan fingerprint density at radius 3 is 2.58 bits per heavy atom. The molecule has 1 aromatic heterocycles. The van der Waals surface area contributed by atoms with Gasteiger partial charge in [-0.15, -0.1) is 5.10 Å². The Kier molecular flexibility index (Phi) is 5.11. The third-order valence-corrected chi connectivity index (χ3v) is 3.94. The van der Waals surface area contributed by atoms with Gasteiger partial charge in [0.2, 0.25) is 12.1 Å². The number of hydrogen-bond acceptors (Lipinski definition) is 6. The predicted octanol–water partition coefficient (Wildman–Crippen LogP) is 3.55. The van der Waals surface area contributed by atoms with Crippen LogP contribution in [0.25, 0.3) is 0 Å². The quantitative estimate of drug-likeness (QED) is 0.452. The van der Waals surface area contributed by atoms with E-state index in [1.54, 1.807) is 30.3 Å². The molecule has 0 aliphatic carbocycles. The van der Waals surface area contributed by atoms with Gasteiger partial charge in [-0.3, -0.25) is 9.59 Å². The predicted molar refractivity (Wildman–Crippen MR) is 94.9 cm³/mol. The second-order valence-corrected chi connectivity index (χ2v) is 6.13. The SMILES string of the molecule is CC(=O)Oc1ccccc1[C@H]1OC(c2nc(Cl)ccc2Cl)=NN1C(C)=O. The first kappa shape index (κ1) is 18.2. The van der Waals surface area contributed by atoms with Gasteiger partial charge in [-0.1, -0.05) is 35.3 Å². The van der Waals surface area contributed by atoms with Crippen LogP contribution < -0.4 is 4.74 Å². The molecule has 3 rings (SSSR count). The number of aromatic nitrogens is 1. The van der Waals surface area contributed by atoms with Crippen molar-refractivity contribution >= 4 is 41.0 Å². The maximum absolute atomic E-state index is 12.0. The van der Waals surface area contributed by atoms with E-state index in [4.69, 9.17) is 32.7 Å². The molecule has 0 bridgehead atoms. The van der Waals surface area contributed by atoms with Crippen molar-refractivity contribution in [3.8, 4) is 5.75 Å². The zero-order valence-corrected chi connectivity index (χ0v) is 15.3. The number of amides is 1. The van der Waals surface area contributed by atoms with E-state index in [1.807, 2.05) is 0 Å². The van der Waals surface area contributed by atoms with Gasteiger partial charge in [0.1, 0.15) is 16.6 Å². The van der Waals surface area contributed by atoms with Crippen LogP contribution in [0, 0.1) is 0 Å². The molecule has 1 aliphatic heterocycles. The Bertz CT molecular complexity index is 917. The smallest absolute Gasteiger partial charge is 0.308 e. The molecular formula is C17H13Cl2N3O4. The number of hydrogen-bond donors (Lipinski definition) is 0. The number of pyridine rings is 1. The molecule has 0 saturated heterocycles. The standard InChI is InChI=1S/C17H13Cl2N3O4/c1-9(23)22-17(11-5-3-4-6-13(11)25-10(2)24)26-16(21-22)15-12(18)7-8-14(19)20-15/h3-8,17H,1-2H3/t17-/m1/s1. The second-order valence-electron chi connectivity index (χ2n) is 5.33. The Morgan fingerprint density at radius 2 is 1.88 bits per heavy atom. The zero-order chi connectivity index (χ0) is 18.8. The summed E-state index contributed by atoms with van der Waals surface area (Å²) in [5.41, 5.74) is 0.660. The van der Waals surface area contributed by atoms with E-state index in [9.17, 15) is 9.59 Å². The lowest BCUT2D eigenvalue weighted by Gasteiger charge is -2.21. The zero-order valence-electron chi connectivity index (χ0n) is 13.8. The van der Waals surface area contributed by atoms with Crippen LogP contribution in [0.3, 0.4) is 0 Å². The molecule has 0 spiro atoms. The van der Waals surface area contributed by atoms with Crippen LogP contribution in [0.1, 0.15) is 31.3 Å². The molecule has 1 atom stereocenters. The van der Waals surface area contributed by atoms with Crippen LogP contribution in [0.5, 0.6) is 5.75 Å². The van der Waals surface area contributed by atoms with Crippen molar-refractivity contribution in [1.29, 1.82) is 0 Å². The number of rotatable bonds is 3. The number of hydrazone groups is 1. The molecule has 0 N–H and O–H groups in total. The van der Waals surface area contributed by atoms with Crippen LogP contribution in [0.15, 0.2) is 41.5 Å². The largest absolute Gasteiger partial charge is 0.444 e. The van der Waals surface area contributed by atoms with Crippen molar-refractivity contribution in [2.24, 2.45) is 5.10 Å². The Balaban J connectivity index is 2.02. The fourth-order valence-electron chi connectivity index (χ4n) is 2.36. The van der Waals surface area contributed by atoms with Gasteiger partial charge in [0.15, 0.2) is 0 Å². The summed E-state index contributed by atoms with van der Waals surface area (Å²) >= 11 is 12.1. The van der Waals surface area contributed by atoms with Crippen LogP contribution in [-0.2, 0) is 14.3 Å². The highest BCUT2D eigenvalue weighted by molar-refractivity contribution is 6.34. The maximum Gasteiger partial charge on any atom is 0.308 e. The van der Waals surface area contributed by atoms with Gasteiger partial charge in [-0.25, -0.2) is 4.98 Å². The molecular weight excluding hydrogens is 381 g/mol. The number of nitrogens with zero attached hydrogens (tertiary/aromatic N) is 3. The van der Waals surface area contributed by atoms with Crippen molar-refractivity contribution in [1.82, 2.24) is 9.99 Å². The number of carbonyl (C=O) groups is 2. The summed E-state index contributed by atoms with van der Waals surface area (Å²) in [4.78, 5) is 27.5.